The third kappa shape index (κ3) is 6.32. The van der Waals surface area contributed by atoms with Crippen LogP contribution in [0, 0.1) is 0 Å². The average molecular weight is 325 g/mol. The van der Waals surface area contributed by atoms with Crippen molar-refractivity contribution in [1.29, 1.82) is 0 Å². The van der Waals surface area contributed by atoms with Crippen LogP contribution in [0.25, 0.3) is 0 Å². The molecular formula is C11H19NO10. The average Bonchev–Trinajstić information content (AvgIpc) is 2.47. The van der Waals surface area contributed by atoms with Gasteiger partial charge in [0.15, 0.2) is 0 Å². The number of carboxylic acid groups (broad SMARTS) is 2. The van der Waals surface area contributed by atoms with Gasteiger partial charge in [-0.2, -0.15) is 0 Å². The normalized spacial score (nSPS) is 17.9. The summed E-state index contributed by atoms with van der Waals surface area (Å²) in [5, 5.41) is 54.1. The van der Waals surface area contributed by atoms with E-state index in [0.717, 1.165) is 0 Å². The Morgan fingerprint density at radius 1 is 1.00 bits per heavy atom. The van der Waals surface area contributed by atoms with Crippen molar-refractivity contribution in [2.24, 2.45) is 5.73 Å². The van der Waals surface area contributed by atoms with Crippen LogP contribution in [0.1, 0.15) is 12.8 Å². The molecule has 0 heterocycles. The molecule has 0 bridgehead atoms. The quantitative estimate of drug-likeness (QED) is 0.194. The largest absolute Gasteiger partial charge is 0.480 e. The van der Waals surface area contributed by atoms with Gasteiger partial charge in [-0.25, -0.2) is 4.79 Å². The first-order valence-corrected chi connectivity index (χ1v) is 6.17. The highest BCUT2D eigenvalue weighted by Gasteiger charge is 2.38. The third-order valence-electron chi connectivity index (χ3n) is 2.72. The highest BCUT2D eigenvalue weighted by atomic mass is 16.6. The summed E-state index contributed by atoms with van der Waals surface area (Å²) in [5.41, 5.74) is 5.15. The Hall–Kier alpha value is -1.79. The Balaban J connectivity index is 4.67. The smallest absolute Gasteiger partial charge is 0.347 e. The van der Waals surface area contributed by atoms with Crippen molar-refractivity contribution in [2.45, 2.75) is 43.3 Å². The maximum absolute atomic E-state index is 11.4. The second-order valence-corrected chi connectivity index (χ2v) is 4.46. The molecule has 0 aromatic heterocycles. The summed E-state index contributed by atoms with van der Waals surface area (Å²) in [4.78, 5) is 32.8. The molecule has 0 saturated carbocycles. The number of esters is 1. The van der Waals surface area contributed by atoms with E-state index in [1.165, 1.54) is 0 Å². The number of nitrogens with two attached hydrogens (primary N) is 1. The van der Waals surface area contributed by atoms with Gasteiger partial charge in [0.2, 0.25) is 6.10 Å². The zero-order chi connectivity index (χ0) is 17.4. The molecule has 11 heteroatoms. The molecule has 0 amide bonds. The van der Waals surface area contributed by atoms with E-state index >= 15 is 0 Å². The predicted molar refractivity (Wildman–Crippen MR) is 67.5 cm³/mol. The number of aliphatic carboxylic acids is 2. The number of carbonyl (C=O) groups is 3. The van der Waals surface area contributed by atoms with Crippen molar-refractivity contribution in [3.05, 3.63) is 0 Å². The fourth-order valence-electron chi connectivity index (χ4n) is 1.38. The molecule has 128 valence electrons. The Kier molecular flexibility index (Phi) is 8.52. The molecule has 5 atom stereocenters. The molecule has 0 aliphatic heterocycles. The predicted octanol–water partition coefficient (Wildman–Crippen LogP) is -3.75. The summed E-state index contributed by atoms with van der Waals surface area (Å²) in [5.74, 6) is -4.31. The van der Waals surface area contributed by atoms with E-state index in [0.29, 0.717) is 0 Å². The number of ether oxygens (including phenoxy) is 1. The van der Waals surface area contributed by atoms with Crippen LogP contribution in [0.2, 0.25) is 0 Å². The monoisotopic (exact) mass is 325 g/mol. The van der Waals surface area contributed by atoms with Crippen LogP contribution < -0.4 is 5.73 Å². The minimum Gasteiger partial charge on any atom is -0.480 e. The number of hydrogen-bond acceptors (Lipinski definition) is 9. The molecule has 22 heavy (non-hydrogen) atoms. The zero-order valence-electron chi connectivity index (χ0n) is 11.4. The fraction of sp³-hybridized carbons (Fsp3) is 0.727. The van der Waals surface area contributed by atoms with Crippen LogP contribution in [-0.2, 0) is 19.1 Å². The van der Waals surface area contributed by atoms with Crippen LogP contribution >= 0.6 is 0 Å². The number of carbonyl (C=O) groups excluding carboxylic acids is 1. The Labute approximate surface area is 124 Å². The van der Waals surface area contributed by atoms with Crippen molar-refractivity contribution in [2.75, 3.05) is 6.61 Å². The van der Waals surface area contributed by atoms with Crippen LogP contribution in [-0.4, -0.2) is 85.6 Å². The van der Waals surface area contributed by atoms with E-state index in [-0.39, 0.29) is 6.42 Å². The number of hydrogen-bond donors (Lipinski definition) is 7. The van der Waals surface area contributed by atoms with Crippen molar-refractivity contribution in [3.8, 4) is 0 Å². The van der Waals surface area contributed by atoms with Gasteiger partial charge in [0, 0.05) is 6.42 Å². The summed E-state index contributed by atoms with van der Waals surface area (Å²) in [6, 6.07) is -1.34. The maximum atomic E-state index is 11.4. The maximum Gasteiger partial charge on any atom is 0.347 e. The van der Waals surface area contributed by atoms with Crippen LogP contribution in [0.15, 0.2) is 0 Å². The van der Waals surface area contributed by atoms with Gasteiger partial charge in [-0.05, 0) is 6.42 Å². The molecule has 0 rings (SSSR count). The molecule has 0 aliphatic rings. The van der Waals surface area contributed by atoms with Crippen LogP contribution in [0.3, 0.4) is 0 Å². The molecule has 0 aromatic carbocycles. The molecule has 11 nitrogen and oxygen atoms in total. The van der Waals surface area contributed by atoms with Gasteiger partial charge in [-0.15, -0.1) is 0 Å². The van der Waals surface area contributed by atoms with E-state index in [4.69, 9.17) is 26.2 Å². The van der Waals surface area contributed by atoms with Gasteiger partial charge < -0.3 is 41.1 Å². The lowest BCUT2D eigenvalue weighted by Crippen LogP contribution is -2.50. The first kappa shape index (κ1) is 20.2. The van der Waals surface area contributed by atoms with Gasteiger partial charge in [-0.3, -0.25) is 9.59 Å². The van der Waals surface area contributed by atoms with E-state index in [9.17, 15) is 24.6 Å². The van der Waals surface area contributed by atoms with Crippen LogP contribution in [0.5, 0.6) is 0 Å². The van der Waals surface area contributed by atoms with Gasteiger partial charge in [0.25, 0.3) is 0 Å². The molecule has 8 N–H and O–H groups in total. The molecule has 0 aliphatic carbocycles. The molecule has 0 radical (unpaired) electrons. The lowest BCUT2D eigenvalue weighted by atomic mass is 10.0. The topological polar surface area (TPSA) is 208 Å². The Morgan fingerprint density at radius 3 is 1.95 bits per heavy atom. The summed E-state index contributed by atoms with van der Waals surface area (Å²) < 4.78 is 4.43. The molecule has 0 saturated heterocycles. The van der Waals surface area contributed by atoms with Gasteiger partial charge >= 0.3 is 17.9 Å². The Bertz CT molecular complexity index is 400. The van der Waals surface area contributed by atoms with Gasteiger partial charge in [-0.1, -0.05) is 0 Å². The highest BCUT2D eigenvalue weighted by molar-refractivity contribution is 5.79. The Morgan fingerprint density at radius 2 is 1.55 bits per heavy atom. The lowest BCUT2D eigenvalue weighted by Gasteiger charge is -2.26. The summed E-state index contributed by atoms with van der Waals surface area (Å²) >= 11 is 0. The number of aliphatic hydroxyl groups excluding tert-OH is 4. The summed E-state index contributed by atoms with van der Waals surface area (Å²) in [7, 11) is 0. The number of aliphatic hydroxyl groups is 4. The van der Waals surface area contributed by atoms with Crippen molar-refractivity contribution < 1.29 is 49.8 Å². The van der Waals surface area contributed by atoms with E-state index < -0.39 is 61.4 Å². The van der Waals surface area contributed by atoms with Crippen molar-refractivity contribution in [1.82, 2.24) is 0 Å². The van der Waals surface area contributed by atoms with Gasteiger partial charge in [0.05, 0.1) is 6.61 Å². The fourth-order valence-corrected chi connectivity index (χ4v) is 1.38. The zero-order valence-corrected chi connectivity index (χ0v) is 11.4. The van der Waals surface area contributed by atoms with Crippen LogP contribution in [0.4, 0.5) is 0 Å². The van der Waals surface area contributed by atoms with E-state index in [1.54, 1.807) is 0 Å². The minimum absolute atomic E-state index is 0.321. The standard InChI is InChI=1S/C11H19NO10/c12-4(10(18)19)1-2-6(15)22-9(11(20)21)8(17)7(16)5(14)3-13/h4-5,7-9,13-14,16-17H,1-3,12H2,(H,18,19)(H,20,21)/t4-,5+,7+,8-,9+/m0/s1. The summed E-state index contributed by atoms with van der Waals surface area (Å²) in [6.45, 7) is -0.952. The van der Waals surface area contributed by atoms with Crippen molar-refractivity contribution >= 4 is 17.9 Å². The van der Waals surface area contributed by atoms with E-state index in [2.05, 4.69) is 4.74 Å². The van der Waals surface area contributed by atoms with E-state index in [1.807, 2.05) is 0 Å². The molecule has 0 aromatic rings. The number of carboxylic acids is 2. The minimum atomic E-state index is -2.20. The van der Waals surface area contributed by atoms with Crippen molar-refractivity contribution in [3.63, 3.8) is 0 Å². The second-order valence-electron chi connectivity index (χ2n) is 4.46. The van der Waals surface area contributed by atoms with Gasteiger partial charge in [0.1, 0.15) is 24.4 Å². The first-order valence-electron chi connectivity index (χ1n) is 6.17. The molecular weight excluding hydrogens is 306 g/mol. The lowest BCUT2D eigenvalue weighted by molar-refractivity contribution is -0.182. The first-order chi connectivity index (χ1) is 10.1. The third-order valence-corrected chi connectivity index (χ3v) is 2.72. The SMILES string of the molecule is N[C@@H](CCC(=O)O[C@@H](C(=O)O)[C@@H](O)[C@H](O)[C@H](O)CO)C(=O)O. The number of rotatable bonds is 10. The highest BCUT2D eigenvalue weighted by Crippen LogP contribution is 2.11. The second kappa shape index (κ2) is 9.27. The summed E-state index contributed by atoms with van der Waals surface area (Å²) in [6.07, 6.45) is -9.15. The molecule has 0 spiro atoms. The molecule has 0 unspecified atom stereocenters. The molecule has 0 fully saturated rings.